The highest BCUT2D eigenvalue weighted by Crippen LogP contribution is 2.58. The van der Waals surface area contributed by atoms with Gasteiger partial charge in [-0.2, -0.15) is 0 Å². The second-order valence-electron chi connectivity index (χ2n) is 10.1. The van der Waals surface area contributed by atoms with E-state index in [1.54, 1.807) is 24.0 Å². The first-order valence-corrected chi connectivity index (χ1v) is 13.3. The number of allylic oxidation sites excluding steroid dienone is 1. The summed E-state index contributed by atoms with van der Waals surface area (Å²) in [4.78, 5) is 55.7. The first-order chi connectivity index (χ1) is 17.7. The third kappa shape index (κ3) is 5.75. The molecule has 2 bridgehead atoms. The summed E-state index contributed by atoms with van der Waals surface area (Å²) in [5.41, 5.74) is -1.13. The number of nitrogens with one attached hydrogen (secondary N) is 1. The van der Waals surface area contributed by atoms with E-state index in [1.165, 1.54) is 4.90 Å². The summed E-state index contributed by atoms with van der Waals surface area (Å²) in [5, 5.41) is 12.4. The van der Waals surface area contributed by atoms with Gasteiger partial charge in [0.05, 0.1) is 31.1 Å². The molecule has 3 amide bonds. The zero-order valence-electron chi connectivity index (χ0n) is 22.0. The van der Waals surface area contributed by atoms with Gasteiger partial charge >= 0.3 is 5.97 Å². The van der Waals surface area contributed by atoms with Crippen molar-refractivity contribution < 1.29 is 33.8 Å². The molecule has 2 N–H and O–H groups in total. The topological polar surface area (TPSA) is 125 Å². The van der Waals surface area contributed by atoms with Gasteiger partial charge in [-0.1, -0.05) is 25.5 Å². The number of hydrogen-bond donors (Lipinski definition) is 2. The lowest BCUT2D eigenvalue weighted by atomic mass is 9.70. The van der Waals surface area contributed by atoms with Crippen LogP contribution in [-0.4, -0.2) is 95.2 Å². The number of unbranched alkanes of at least 4 members (excludes halogenated alkanes) is 1. The first-order valence-electron chi connectivity index (χ1n) is 13.3. The van der Waals surface area contributed by atoms with Crippen molar-refractivity contribution in [3.05, 3.63) is 25.3 Å². The van der Waals surface area contributed by atoms with Crippen LogP contribution in [0.1, 0.15) is 52.4 Å². The van der Waals surface area contributed by atoms with Gasteiger partial charge in [0.25, 0.3) is 0 Å². The minimum atomic E-state index is -1.13. The summed E-state index contributed by atoms with van der Waals surface area (Å²) in [6, 6.07) is -0.918. The number of nitrogens with zero attached hydrogens (tertiary/aromatic N) is 2. The van der Waals surface area contributed by atoms with Gasteiger partial charge in [0.1, 0.15) is 17.7 Å². The van der Waals surface area contributed by atoms with Crippen LogP contribution in [0.4, 0.5) is 0 Å². The molecule has 206 valence electrons. The van der Waals surface area contributed by atoms with Crippen LogP contribution in [-0.2, 0) is 28.7 Å². The minimum Gasteiger partial charge on any atom is -0.460 e. The highest BCUT2D eigenvalue weighted by Gasteiger charge is 2.75. The van der Waals surface area contributed by atoms with Crippen LogP contribution in [0.25, 0.3) is 0 Å². The highest BCUT2D eigenvalue weighted by atomic mass is 16.6. The van der Waals surface area contributed by atoms with Crippen LogP contribution in [0.2, 0.25) is 0 Å². The smallest absolute Gasteiger partial charge is 0.312 e. The normalized spacial score (nSPS) is 28.5. The summed E-state index contributed by atoms with van der Waals surface area (Å²) >= 11 is 0. The minimum absolute atomic E-state index is 0.0217. The van der Waals surface area contributed by atoms with Gasteiger partial charge in [-0.25, -0.2) is 0 Å². The lowest BCUT2D eigenvalue weighted by Gasteiger charge is -2.36. The lowest BCUT2D eigenvalue weighted by Crippen LogP contribution is -2.56. The molecule has 3 aliphatic rings. The van der Waals surface area contributed by atoms with Crippen LogP contribution in [0.15, 0.2) is 25.3 Å². The molecule has 0 aromatic carbocycles. The van der Waals surface area contributed by atoms with E-state index < -0.39 is 41.7 Å². The molecule has 0 aliphatic carbocycles. The standard InChI is InChI=1S/C27H41N3O7/c1-5-8-10-20(32)28-17-18(4)36-26(35)21-19-11-12-27(37-19)22(21)24(33)30(15-16-31)23(27)25(34)29(13-7-3)14-9-6-2/h5,7,18-19,21-23,31H,1,3,6,8-17H2,2,4H3,(H,28,32)/t18-,19+,21-,22-,23+,27-/m1/s1. The lowest BCUT2D eigenvalue weighted by molar-refractivity contribution is -0.159. The predicted octanol–water partition coefficient (Wildman–Crippen LogP) is 1.18. The van der Waals surface area contributed by atoms with Gasteiger partial charge in [0, 0.05) is 26.1 Å². The fraction of sp³-hybridized carbons (Fsp3) is 0.704. The zero-order valence-corrected chi connectivity index (χ0v) is 22.0. The number of carbonyl (C=O) groups is 4. The van der Waals surface area contributed by atoms with Gasteiger partial charge in [-0.15, -0.1) is 13.2 Å². The van der Waals surface area contributed by atoms with Gasteiger partial charge in [0.15, 0.2) is 0 Å². The average Bonchev–Trinajstić information content (AvgIpc) is 3.51. The van der Waals surface area contributed by atoms with E-state index in [9.17, 15) is 24.3 Å². The Bertz CT molecular complexity index is 893. The van der Waals surface area contributed by atoms with Crippen molar-refractivity contribution >= 4 is 23.7 Å². The van der Waals surface area contributed by atoms with Crippen molar-refractivity contribution in [3.8, 4) is 0 Å². The van der Waals surface area contributed by atoms with Gasteiger partial charge in [0.2, 0.25) is 17.7 Å². The van der Waals surface area contributed by atoms with Gasteiger partial charge in [-0.3, -0.25) is 19.2 Å². The number of hydrogen-bond acceptors (Lipinski definition) is 7. The van der Waals surface area contributed by atoms with Crippen molar-refractivity contribution in [3.63, 3.8) is 0 Å². The van der Waals surface area contributed by atoms with Crippen LogP contribution in [0.3, 0.4) is 0 Å². The predicted molar refractivity (Wildman–Crippen MR) is 136 cm³/mol. The molecule has 10 nitrogen and oxygen atoms in total. The maximum Gasteiger partial charge on any atom is 0.312 e. The number of amides is 3. The Morgan fingerprint density at radius 2 is 2.11 bits per heavy atom. The van der Waals surface area contributed by atoms with Crippen molar-refractivity contribution in [1.82, 2.24) is 15.1 Å². The molecule has 10 heteroatoms. The number of esters is 1. The van der Waals surface area contributed by atoms with Crippen LogP contribution < -0.4 is 5.32 Å². The molecule has 3 fully saturated rings. The van der Waals surface area contributed by atoms with E-state index in [0.717, 1.165) is 12.8 Å². The maximum absolute atomic E-state index is 13.8. The van der Waals surface area contributed by atoms with Crippen molar-refractivity contribution in [1.29, 1.82) is 0 Å². The van der Waals surface area contributed by atoms with Crippen LogP contribution in [0, 0.1) is 11.8 Å². The maximum atomic E-state index is 13.8. The van der Waals surface area contributed by atoms with Crippen molar-refractivity contribution in [2.75, 3.05) is 32.8 Å². The molecule has 0 unspecified atom stereocenters. The van der Waals surface area contributed by atoms with E-state index in [1.807, 2.05) is 6.92 Å². The third-order valence-electron chi connectivity index (χ3n) is 7.57. The second-order valence-corrected chi connectivity index (χ2v) is 10.1. The molecule has 0 radical (unpaired) electrons. The molecule has 0 aromatic rings. The molecule has 1 spiro atoms. The van der Waals surface area contributed by atoms with E-state index in [4.69, 9.17) is 9.47 Å². The molecular formula is C27H41N3O7. The van der Waals surface area contributed by atoms with Crippen molar-refractivity contribution in [2.45, 2.75) is 76.2 Å². The Labute approximate surface area is 219 Å². The van der Waals surface area contributed by atoms with Crippen molar-refractivity contribution in [2.24, 2.45) is 11.8 Å². The Balaban J connectivity index is 1.79. The highest BCUT2D eigenvalue weighted by molar-refractivity contribution is 5.98. The summed E-state index contributed by atoms with van der Waals surface area (Å²) < 4.78 is 12.0. The van der Waals surface area contributed by atoms with E-state index in [2.05, 4.69) is 18.5 Å². The quantitative estimate of drug-likeness (QED) is 0.246. The SMILES string of the molecule is C=CCCC(=O)NC[C@@H](C)OC(=O)[C@@H]1[C@@H]2CC[C@]3(O2)[C@H](C(=O)N(CC=C)CCCC)N(CCO)C(=O)[C@@H]13. The summed E-state index contributed by atoms with van der Waals surface area (Å²) in [6.07, 6.45) is 5.75. The van der Waals surface area contributed by atoms with Crippen LogP contribution >= 0.6 is 0 Å². The number of likely N-dealkylation sites (tertiary alicyclic amines) is 1. The number of rotatable bonds is 15. The molecular weight excluding hydrogens is 478 g/mol. The van der Waals surface area contributed by atoms with E-state index >= 15 is 0 Å². The number of β-amino-alcohol motifs (C(OH)–C–C–N with tert-alkyl or cyclic N) is 1. The molecule has 0 saturated carbocycles. The summed E-state index contributed by atoms with van der Waals surface area (Å²) in [7, 11) is 0. The number of carbonyl (C=O) groups excluding carboxylic acids is 4. The number of aliphatic hydroxyl groups is 1. The largest absolute Gasteiger partial charge is 0.460 e. The molecule has 3 heterocycles. The molecule has 3 rings (SSSR count). The Morgan fingerprint density at radius 1 is 1.35 bits per heavy atom. The van der Waals surface area contributed by atoms with E-state index in [0.29, 0.717) is 38.8 Å². The summed E-state index contributed by atoms with van der Waals surface area (Å²) in [5.74, 6) is -3.04. The zero-order chi connectivity index (χ0) is 27.2. The molecule has 6 atom stereocenters. The number of ether oxygens (including phenoxy) is 2. The van der Waals surface area contributed by atoms with Gasteiger partial charge < -0.3 is 29.7 Å². The third-order valence-corrected chi connectivity index (χ3v) is 7.57. The average molecular weight is 520 g/mol. The summed E-state index contributed by atoms with van der Waals surface area (Å²) in [6.45, 7) is 11.7. The van der Waals surface area contributed by atoms with Crippen LogP contribution in [0.5, 0.6) is 0 Å². The molecule has 3 aliphatic heterocycles. The Kier molecular flexibility index (Phi) is 9.89. The molecule has 37 heavy (non-hydrogen) atoms. The molecule has 3 saturated heterocycles. The molecule has 0 aromatic heterocycles. The van der Waals surface area contributed by atoms with E-state index in [-0.39, 0.29) is 37.4 Å². The fourth-order valence-corrected chi connectivity index (χ4v) is 5.92. The number of aliphatic hydroxyl groups excluding tert-OH is 1. The monoisotopic (exact) mass is 519 g/mol. The Morgan fingerprint density at radius 3 is 2.76 bits per heavy atom. The van der Waals surface area contributed by atoms with Gasteiger partial charge in [-0.05, 0) is 32.6 Å². The fourth-order valence-electron chi connectivity index (χ4n) is 5.92. The number of fused-ring (bicyclic) bond motifs is 1. The Hall–Kier alpha value is -2.72. The first kappa shape index (κ1) is 28.8. The second kappa shape index (κ2) is 12.7.